The molecule has 102 valence electrons. The predicted octanol–water partition coefficient (Wildman–Crippen LogP) is 0.874. The highest BCUT2D eigenvalue weighted by Crippen LogP contribution is 2.31. The zero-order valence-electron chi connectivity index (χ0n) is 11.0. The van der Waals surface area contributed by atoms with E-state index in [1.165, 1.54) is 4.68 Å². The minimum atomic E-state index is -3.52. The van der Waals surface area contributed by atoms with Gasteiger partial charge in [0.05, 0.1) is 5.69 Å². The Morgan fingerprint density at radius 1 is 1.50 bits per heavy atom. The Kier molecular flexibility index (Phi) is 3.37. The molecule has 6 nitrogen and oxygen atoms in total. The first-order chi connectivity index (χ1) is 8.39. The van der Waals surface area contributed by atoms with Crippen LogP contribution in [0.4, 0.5) is 5.82 Å². The Bertz CT molecular complexity index is 550. The normalized spacial score (nSPS) is 21.6. The molecule has 0 bridgehead atoms. The Balaban J connectivity index is 2.48. The van der Waals surface area contributed by atoms with Crippen LogP contribution in [0.3, 0.4) is 0 Å². The molecule has 1 aromatic rings. The van der Waals surface area contributed by atoms with Crippen LogP contribution >= 0.6 is 0 Å². The Labute approximate surface area is 108 Å². The lowest BCUT2D eigenvalue weighted by Gasteiger charge is -2.22. The van der Waals surface area contributed by atoms with Gasteiger partial charge in [0.1, 0.15) is 4.90 Å². The fraction of sp³-hybridized carbons (Fsp3) is 0.727. The molecule has 2 heterocycles. The number of anilines is 1. The van der Waals surface area contributed by atoms with Gasteiger partial charge in [0, 0.05) is 19.6 Å². The summed E-state index contributed by atoms with van der Waals surface area (Å²) in [6.07, 6.45) is 2.67. The number of rotatable bonds is 3. The van der Waals surface area contributed by atoms with Crippen molar-refractivity contribution in [3.63, 3.8) is 0 Å². The van der Waals surface area contributed by atoms with Gasteiger partial charge in [-0.2, -0.15) is 9.40 Å². The molecular formula is C11H20N4O2S. The summed E-state index contributed by atoms with van der Waals surface area (Å²) < 4.78 is 28.4. The summed E-state index contributed by atoms with van der Waals surface area (Å²) in [6.45, 7) is 4.32. The summed E-state index contributed by atoms with van der Waals surface area (Å²) in [4.78, 5) is 0.172. The molecule has 0 radical (unpaired) electrons. The van der Waals surface area contributed by atoms with Crippen LogP contribution in [0.5, 0.6) is 0 Å². The van der Waals surface area contributed by atoms with E-state index in [4.69, 9.17) is 5.73 Å². The number of aromatic nitrogens is 2. The maximum Gasteiger partial charge on any atom is 0.248 e. The van der Waals surface area contributed by atoms with Crippen molar-refractivity contribution in [1.29, 1.82) is 0 Å². The molecule has 0 aromatic carbocycles. The molecule has 1 aromatic heterocycles. The molecule has 2 rings (SSSR count). The molecule has 2 N–H and O–H groups in total. The second-order valence-corrected chi connectivity index (χ2v) is 6.57. The van der Waals surface area contributed by atoms with Gasteiger partial charge in [-0.1, -0.05) is 6.92 Å². The van der Waals surface area contributed by atoms with E-state index >= 15 is 0 Å². The summed E-state index contributed by atoms with van der Waals surface area (Å²) in [6, 6.07) is 0.0917. The van der Waals surface area contributed by atoms with Gasteiger partial charge < -0.3 is 5.73 Å². The van der Waals surface area contributed by atoms with Crippen LogP contribution in [-0.4, -0.2) is 35.1 Å². The Hall–Kier alpha value is -1.08. The highest BCUT2D eigenvalue weighted by molar-refractivity contribution is 7.89. The summed E-state index contributed by atoms with van der Waals surface area (Å²) >= 11 is 0. The number of sulfonamides is 1. The van der Waals surface area contributed by atoms with E-state index in [0.29, 0.717) is 12.2 Å². The largest absolute Gasteiger partial charge is 0.381 e. The van der Waals surface area contributed by atoms with Crippen molar-refractivity contribution in [3.8, 4) is 0 Å². The number of nitrogens with two attached hydrogens (primary N) is 1. The summed E-state index contributed by atoms with van der Waals surface area (Å²) in [5.74, 6) is 0.0942. The van der Waals surface area contributed by atoms with Crippen LogP contribution in [0.15, 0.2) is 4.90 Å². The smallest absolute Gasteiger partial charge is 0.248 e. The number of aryl methyl sites for hydroxylation is 1. The summed E-state index contributed by atoms with van der Waals surface area (Å²) in [7, 11) is -1.82. The van der Waals surface area contributed by atoms with Crippen LogP contribution in [0, 0.1) is 6.92 Å². The molecule has 1 fully saturated rings. The molecule has 1 unspecified atom stereocenters. The molecule has 1 aliphatic rings. The lowest BCUT2D eigenvalue weighted by Crippen LogP contribution is -2.35. The van der Waals surface area contributed by atoms with Gasteiger partial charge >= 0.3 is 0 Å². The van der Waals surface area contributed by atoms with Crippen molar-refractivity contribution in [1.82, 2.24) is 14.1 Å². The van der Waals surface area contributed by atoms with Crippen molar-refractivity contribution in [2.45, 2.75) is 44.0 Å². The molecule has 7 heteroatoms. The molecule has 18 heavy (non-hydrogen) atoms. The van der Waals surface area contributed by atoms with Crippen molar-refractivity contribution < 1.29 is 8.42 Å². The van der Waals surface area contributed by atoms with Gasteiger partial charge in [-0.25, -0.2) is 8.42 Å². The minimum Gasteiger partial charge on any atom is -0.381 e. The molecule has 1 aliphatic heterocycles. The van der Waals surface area contributed by atoms with Gasteiger partial charge in [0.25, 0.3) is 0 Å². The van der Waals surface area contributed by atoms with Crippen LogP contribution < -0.4 is 5.73 Å². The number of nitrogen functional groups attached to an aromatic ring is 1. The lowest BCUT2D eigenvalue weighted by molar-refractivity contribution is 0.379. The molecule has 0 amide bonds. The minimum absolute atomic E-state index is 0.0917. The highest BCUT2D eigenvalue weighted by Gasteiger charge is 2.37. The molecule has 0 aliphatic carbocycles. The third-order valence-electron chi connectivity index (χ3n) is 3.67. The van der Waals surface area contributed by atoms with Crippen LogP contribution in [-0.2, 0) is 17.1 Å². The fourth-order valence-corrected chi connectivity index (χ4v) is 4.65. The Morgan fingerprint density at radius 3 is 2.67 bits per heavy atom. The number of hydrogen-bond donors (Lipinski definition) is 1. The lowest BCUT2D eigenvalue weighted by atomic mass is 10.2. The zero-order valence-corrected chi connectivity index (χ0v) is 11.9. The number of nitrogens with zero attached hydrogens (tertiary/aromatic N) is 3. The SMILES string of the molecule is CCC1CCCN1S(=O)(=O)c1c(N)nn(C)c1C. The quantitative estimate of drug-likeness (QED) is 0.885. The predicted molar refractivity (Wildman–Crippen MR) is 69.6 cm³/mol. The molecular weight excluding hydrogens is 252 g/mol. The molecule has 0 spiro atoms. The third-order valence-corrected chi connectivity index (χ3v) is 5.78. The fourth-order valence-electron chi connectivity index (χ4n) is 2.58. The number of hydrogen-bond acceptors (Lipinski definition) is 4. The maximum absolute atomic E-state index is 12.7. The second-order valence-electron chi connectivity index (χ2n) is 4.74. The highest BCUT2D eigenvalue weighted by atomic mass is 32.2. The summed E-state index contributed by atoms with van der Waals surface area (Å²) in [5, 5.41) is 3.99. The molecule has 0 saturated carbocycles. The Morgan fingerprint density at radius 2 is 2.17 bits per heavy atom. The van der Waals surface area contributed by atoms with Gasteiger partial charge in [0.15, 0.2) is 5.82 Å². The van der Waals surface area contributed by atoms with Crippen molar-refractivity contribution in [2.24, 2.45) is 7.05 Å². The van der Waals surface area contributed by atoms with E-state index in [2.05, 4.69) is 5.10 Å². The van der Waals surface area contributed by atoms with Crippen molar-refractivity contribution in [2.75, 3.05) is 12.3 Å². The first-order valence-electron chi connectivity index (χ1n) is 6.20. The van der Waals surface area contributed by atoms with Gasteiger partial charge in [-0.3, -0.25) is 4.68 Å². The second kappa shape index (κ2) is 4.55. The summed E-state index contributed by atoms with van der Waals surface area (Å²) in [5.41, 5.74) is 6.34. The van der Waals surface area contributed by atoms with Crippen molar-refractivity contribution >= 4 is 15.8 Å². The van der Waals surface area contributed by atoms with E-state index in [1.54, 1.807) is 18.3 Å². The first kappa shape index (κ1) is 13.4. The van der Waals surface area contributed by atoms with Crippen LogP contribution in [0.25, 0.3) is 0 Å². The first-order valence-corrected chi connectivity index (χ1v) is 7.64. The van der Waals surface area contributed by atoms with E-state index in [1.807, 2.05) is 6.92 Å². The van der Waals surface area contributed by atoms with Crippen molar-refractivity contribution in [3.05, 3.63) is 5.69 Å². The van der Waals surface area contributed by atoms with E-state index in [0.717, 1.165) is 19.3 Å². The molecule has 1 atom stereocenters. The van der Waals surface area contributed by atoms with E-state index < -0.39 is 10.0 Å². The van der Waals surface area contributed by atoms with E-state index in [-0.39, 0.29) is 16.8 Å². The maximum atomic E-state index is 12.7. The third kappa shape index (κ3) is 1.91. The van der Waals surface area contributed by atoms with Gasteiger partial charge in [0.2, 0.25) is 10.0 Å². The average Bonchev–Trinajstić information content (AvgIpc) is 2.85. The topological polar surface area (TPSA) is 81.2 Å². The zero-order chi connectivity index (χ0) is 13.5. The molecule has 1 saturated heterocycles. The van der Waals surface area contributed by atoms with Crippen LogP contribution in [0.1, 0.15) is 31.9 Å². The van der Waals surface area contributed by atoms with Gasteiger partial charge in [-0.05, 0) is 26.2 Å². The standard InChI is InChI=1S/C11H20N4O2S/c1-4-9-6-5-7-15(9)18(16,17)10-8(2)14(3)13-11(10)12/h9H,4-7H2,1-3H3,(H2,12,13). The van der Waals surface area contributed by atoms with E-state index in [9.17, 15) is 8.42 Å². The average molecular weight is 272 g/mol. The monoisotopic (exact) mass is 272 g/mol. The van der Waals surface area contributed by atoms with Crippen LogP contribution in [0.2, 0.25) is 0 Å². The van der Waals surface area contributed by atoms with Gasteiger partial charge in [-0.15, -0.1) is 0 Å².